The molecule has 2 aromatic rings. The predicted octanol–water partition coefficient (Wildman–Crippen LogP) is 2.86. The van der Waals surface area contributed by atoms with Crippen LogP contribution in [0.3, 0.4) is 0 Å². The van der Waals surface area contributed by atoms with Gasteiger partial charge in [-0.15, -0.1) is 0 Å². The highest BCUT2D eigenvalue weighted by atomic mass is 79.9. The fourth-order valence-electron chi connectivity index (χ4n) is 1.57. The predicted molar refractivity (Wildman–Crippen MR) is 73.3 cm³/mol. The minimum absolute atomic E-state index is 0.0570. The summed E-state index contributed by atoms with van der Waals surface area (Å²) >= 11 is 3.20. The summed E-state index contributed by atoms with van der Waals surface area (Å²) in [5.74, 6) is -0.260. The maximum absolute atomic E-state index is 12.7. The van der Waals surface area contributed by atoms with Gasteiger partial charge in [-0.1, -0.05) is 0 Å². The van der Waals surface area contributed by atoms with Gasteiger partial charge in [-0.25, -0.2) is 4.39 Å². The summed E-state index contributed by atoms with van der Waals surface area (Å²) < 4.78 is 14.9. The van der Waals surface area contributed by atoms with E-state index < -0.39 is 0 Å². The summed E-state index contributed by atoms with van der Waals surface area (Å²) in [4.78, 5) is 11.7. The number of benzene rings is 1. The summed E-state index contributed by atoms with van der Waals surface area (Å²) in [6.45, 7) is 1.15. The van der Waals surface area contributed by atoms with E-state index in [-0.39, 0.29) is 11.4 Å². The number of rotatable bonds is 4. The van der Waals surface area contributed by atoms with Gasteiger partial charge in [0.05, 0.1) is 4.47 Å². The molecule has 0 radical (unpaired) electrons. The van der Waals surface area contributed by atoms with Crippen LogP contribution in [0.1, 0.15) is 0 Å². The monoisotopic (exact) mass is 310 g/mol. The molecule has 2 rings (SSSR count). The Morgan fingerprint density at radius 1 is 1.22 bits per heavy atom. The lowest BCUT2D eigenvalue weighted by Gasteiger charge is -2.08. The van der Waals surface area contributed by atoms with Gasteiger partial charge in [0.15, 0.2) is 0 Å². The number of nitrogens with one attached hydrogen (secondary N) is 1. The highest BCUT2D eigenvalue weighted by molar-refractivity contribution is 9.10. The lowest BCUT2D eigenvalue weighted by atomic mass is 10.3. The molecule has 0 atom stereocenters. The van der Waals surface area contributed by atoms with Crippen molar-refractivity contribution in [3.05, 3.63) is 63.2 Å². The Balaban J connectivity index is 1.94. The van der Waals surface area contributed by atoms with E-state index in [0.717, 1.165) is 5.69 Å². The van der Waals surface area contributed by atoms with Crippen molar-refractivity contribution in [1.82, 2.24) is 4.57 Å². The molecule has 3 nitrogen and oxygen atoms in total. The van der Waals surface area contributed by atoms with Crippen molar-refractivity contribution < 1.29 is 4.39 Å². The van der Waals surface area contributed by atoms with Crippen LogP contribution in [0.25, 0.3) is 0 Å². The fraction of sp³-hybridized carbons (Fsp3) is 0.154. The second-order valence-corrected chi connectivity index (χ2v) is 4.64. The summed E-state index contributed by atoms with van der Waals surface area (Å²) in [6, 6.07) is 9.65. The van der Waals surface area contributed by atoms with Crippen molar-refractivity contribution >= 4 is 21.6 Å². The maximum atomic E-state index is 12.7. The zero-order valence-electron chi connectivity index (χ0n) is 9.57. The number of aromatic nitrogens is 1. The molecular formula is C13H12BrFN2O. The lowest BCUT2D eigenvalue weighted by Crippen LogP contribution is -2.23. The van der Waals surface area contributed by atoms with Gasteiger partial charge in [-0.05, 0) is 52.3 Å². The fourth-order valence-corrected chi connectivity index (χ4v) is 1.95. The van der Waals surface area contributed by atoms with Gasteiger partial charge in [0.25, 0.3) is 5.56 Å². The molecule has 0 aliphatic heterocycles. The smallest absolute Gasteiger partial charge is 0.264 e. The molecule has 0 amide bonds. The number of hydrogen-bond donors (Lipinski definition) is 1. The van der Waals surface area contributed by atoms with E-state index >= 15 is 0 Å². The Morgan fingerprint density at radius 2 is 1.94 bits per heavy atom. The summed E-state index contributed by atoms with van der Waals surface area (Å²) in [6.07, 6.45) is 1.74. The summed E-state index contributed by atoms with van der Waals surface area (Å²) in [5.41, 5.74) is 0.776. The van der Waals surface area contributed by atoms with Gasteiger partial charge < -0.3 is 9.88 Å². The summed E-state index contributed by atoms with van der Waals surface area (Å²) in [7, 11) is 0. The zero-order valence-corrected chi connectivity index (χ0v) is 11.2. The Labute approximate surface area is 112 Å². The third-order valence-electron chi connectivity index (χ3n) is 2.50. The van der Waals surface area contributed by atoms with Crippen LogP contribution < -0.4 is 10.9 Å². The van der Waals surface area contributed by atoms with Crippen LogP contribution in [0.4, 0.5) is 10.1 Å². The molecular weight excluding hydrogens is 299 g/mol. The number of nitrogens with zero attached hydrogens (tertiary/aromatic N) is 1. The van der Waals surface area contributed by atoms with Gasteiger partial charge in [0, 0.05) is 25.0 Å². The van der Waals surface area contributed by atoms with E-state index in [0.29, 0.717) is 17.6 Å². The molecule has 0 unspecified atom stereocenters. The van der Waals surface area contributed by atoms with E-state index in [1.54, 1.807) is 29.0 Å². The third-order valence-corrected chi connectivity index (χ3v) is 3.10. The normalized spacial score (nSPS) is 10.3. The van der Waals surface area contributed by atoms with Crippen LogP contribution in [0.15, 0.2) is 51.9 Å². The molecule has 94 valence electrons. The summed E-state index contributed by atoms with van der Waals surface area (Å²) in [5, 5.41) is 3.13. The maximum Gasteiger partial charge on any atom is 0.264 e. The van der Waals surface area contributed by atoms with Gasteiger partial charge in [-0.2, -0.15) is 0 Å². The van der Waals surface area contributed by atoms with Crippen molar-refractivity contribution in [2.75, 3.05) is 11.9 Å². The Bertz CT molecular complexity index is 580. The van der Waals surface area contributed by atoms with Gasteiger partial charge in [-0.3, -0.25) is 4.79 Å². The number of halogens is 2. The Kier molecular flexibility index (Phi) is 4.15. The van der Waals surface area contributed by atoms with Gasteiger partial charge in [0.2, 0.25) is 0 Å². The molecule has 0 bridgehead atoms. The van der Waals surface area contributed by atoms with E-state index in [4.69, 9.17) is 0 Å². The Hall–Kier alpha value is -1.62. The van der Waals surface area contributed by atoms with Gasteiger partial charge in [0.1, 0.15) is 5.82 Å². The molecule has 0 spiro atoms. The highest BCUT2D eigenvalue weighted by Crippen LogP contribution is 2.07. The second-order valence-electron chi connectivity index (χ2n) is 3.79. The molecule has 1 heterocycles. The van der Waals surface area contributed by atoms with Crippen LogP contribution in [0.2, 0.25) is 0 Å². The SMILES string of the molecule is O=c1c(Br)cccn1CCNc1ccc(F)cc1. The molecule has 0 fully saturated rings. The first-order valence-electron chi connectivity index (χ1n) is 5.51. The average molecular weight is 311 g/mol. The molecule has 0 aliphatic carbocycles. The third kappa shape index (κ3) is 3.20. The molecule has 1 aromatic carbocycles. The molecule has 18 heavy (non-hydrogen) atoms. The van der Waals surface area contributed by atoms with Crippen LogP contribution in [0, 0.1) is 5.82 Å². The Morgan fingerprint density at radius 3 is 2.67 bits per heavy atom. The highest BCUT2D eigenvalue weighted by Gasteiger charge is 1.99. The first-order valence-corrected chi connectivity index (χ1v) is 6.30. The molecule has 0 aliphatic rings. The number of hydrogen-bond acceptors (Lipinski definition) is 2. The van der Waals surface area contributed by atoms with Crippen molar-refractivity contribution in [1.29, 1.82) is 0 Å². The van der Waals surface area contributed by atoms with E-state index in [1.807, 2.05) is 6.07 Å². The van der Waals surface area contributed by atoms with Crippen LogP contribution in [-0.2, 0) is 6.54 Å². The minimum atomic E-state index is -0.260. The molecule has 5 heteroatoms. The van der Waals surface area contributed by atoms with E-state index in [2.05, 4.69) is 21.2 Å². The topological polar surface area (TPSA) is 34.0 Å². The standard InChI is InChI=1S/C13H12BrFN2O/c14-12-2-1-8-17(13(12)18)9-7-16-11-5-3-10(15)4-6-11/h1-6,8,16H,7,9H2. The van der Waals surface area contributed by atoms with Crippen LogP contribution in [0.5, 0.6) is 0 Å². The van der Waals surface area contributed by atoms with Crippen molar-refractivity contribution in [2.45, 2.75) is 6.54 Å². The second kappa shape index (κ2) is 5.82. The van der Waals surface area contributed by atoms with Gasteiger partial charge >= 0.3 is 0 Å². The molecule has 1 N–H and O–H groups in total. The minimum Gasteiger partial charge on any atom is -0.383 e. The molecule has 0 saturated heterocycles. The van der Waals surface area contributed by atoms with E-state index in [9.17, 15) is 9.18 Å². The quantitative estimate of drug-likeness (QED) is 0.942. The lowest BCUT2D eigenvalue weighted by molar-refractivity contribution is 0.628. The van der Waals surface area contributed by atoms with Crippen LogP contribution >= 0.6 is 15.9 Å². The van der Waals surface area contributed by atoms with E-state index in [1.165, 1.54) is 12.1 Å². The molecule has 0 saturated carbocycles. The van der Waals surface area contributed by atoms with Crippen LogP contribution in [-0.4, -0.2) is 11.1 Å². The first kappa shape index (κ1) is 12.8. The van der Waals surface area contributed by atoms with Crippen molar-refractivity contribution in [2.24, 2.45) is 0 Å². The van der Waals surface area contributed by atoms with Crippen molar-refractivity contribution in [3.63, 3.8) is 0 Å². The largest absolute Gasteiger partial charge is 0.383 e. The average Bonchev–Trinajstić information content (AvgIpc) is 2.37. The number of pyridine rings is 1. The zero-order chi connectivity index (χ0) is 13.0. The number of anilines is 1. The van der Waals surface area contributed by atoms with Crippen molar-refractivity contribution in [3.8, 4) is 0 Å². The first-order chi connectivity index (χ1) is 8.66. The molecule has 1 aromatic heterocycles.